The summed E-state index contributed by atoms with van der Waals surface area (Å²) in [5, 5.41) is 14.2. The summed E-state index contributed by atoms with van der Waals surface area (Å²) in [6.45, 7) is 15.2. The fraction of sp³-hybridized carbons (Fsp3) is 0.417. The van der Waals surface area contributed by atoms with E-state index in [1.807, 2.05) is 12.1 Å². The summed E-state index contributed by atoms with van der Waals surface area (Å²) >= 11 is 0. The molecule has 0 aliphatic carbocycles. The summed E-state index contributed by atoms with van der Waals surface area (Å²) in [7, 11) is 0. The summed E-state index contributed by atoms with van der Waals surface area (Å²) in [4.78, 5) is 11.2. The van der Waals surface area contributed by atoms with Crippen LogP contribution in [0.4, 0.5) is 0 Å². The van der Waals surface area contributed by atoms with Crippen LogP contribution in [0.3, 0.4) is 0 Å². The van der Waals surface area contributed by atoms with Crippen molar-refractivity contribution in [2.75, 3.05) is 0 Å². The van der Waals surface area contributed by atoms with Gasteiger partial charge < -0.3 is 9.67 Å². The van der Waals surface area contributed by atoms with Crippen molar-refractivity contribution >= 4 is 5.97 Å². The maximum atomic E-state index is 11.2. The number of hydrogen-bond acceptors (Lipinski definition) is 2. The highest BCUT2D eigenvalue weighted by atomic mass is 16.4. The molecule has 0 aliphatic heterocycles. The number of carboxylic acid groups (broad SMARTS) is 1. The van der Waals surface area contributed by atoms with E-state index >= 15 is 0 Å². The molecule has 0 spiro atoms. The van der Waals surface area contributed by atoms with Crippen molar-refractivity contribution in [3.8, 4) is 17.1 Å². The molecule has 0 fully saturated rings. The average Bonchev–Trinajstić information content (AvgIpc) is 3.25. The first kappa shape index (κ1) is 20.9. The number of rotatable bonds is 5. The van der Waals surface area contributed by atoms with Crippen molar-refractivity contribution in [3.63, 3.8) is 0 Å². The molecule has 3 aromatic rings. The van der Waals surface area contributed by atoms with E-state index in [0.29, 0.717) is 11.5 Å². The third kappa shape index (κ3) is 4.00. The van der Waals surface area contributed by atoms with E-state index in [4.69, 9.17) is 5.10 Å². The molecular weight excluding hydrogens is 362 g/mol. The molecule has 0 bridgehead atoms. The largest absolute Gasteiger partial charge is 0.478 e. The zero-order valence-corrected chi connectivity index (χ0v) is 18.4. The number of nitrogens with zero attached hydrogens (tertiary/aromatic N) is 3. The molecular formula is C24H31N3O2. The van der Waals surface area contributed by atoms with Crippen LogP contribution in [0, 0.1) is 0 Å². The number of carboxylic acids is 1. The molecule has 0 aliphatic rings. The number of aromatic carboxylic acids is 1. The Balaban J connectivity index is 2.18. The lowest BCUT2D eigenvalue weighted by atomic mass is 9.92. The molecule has 1 N–H and O–H groups in total. The molecule has 0 unspecified atom stereocenters. The van der Waals surface area contributed by atoms with Crippen molar-refractivity contribution < 1.29 is 9.90 Å². The molecule has 0 radical (unpaired) electrons. The highest BCUT2D eigenvalue weighted by Gasteiger charge is 2.24. The van der Waals surface area contributed by atoms with Gasteiger partial charge >= 0.3 is 5.97 Å². The van der Waals surface area contributed by atoms with Gasteiger partial charge in [-0.1, -0.05) is 46.8 Å². The highest BCUT2D eigenvalue weighted by molar-refractivity contribution is 5.88. The van der Waals surface area contributed by atoms with Crippen molar-refractivity contribution in [1.82, 2.24) is 14.3 Å². The Bertz CT molecular complexity index is 1020. The van der Waals surface area contributed by atoms with Gasteiger partial charge in [-0.25, -0.2) is 9.48 Å². The van der Waals surface area contributed by atoms with Crippen molar-refractivity contribution in [3.05, 3.63) is 59.4 Å². The maximum absolute atomic E-state index is 11.2. The Morgan fingerprint density at radius 3 is 2.10 bits per heavy atom. The molecule has 5 heteroatoms. The molecule has 154 valence electrons. The smallest absolute Gasteiger partial charge is 0.335 e. The first-order chi connectivity index (χ1) is 13.5. The molecule has 0 atom stereocenters. The predicted molar refractivity (Wildman–Crippen MR) is 117 cm³/mol. The molecule has 0 saturated carbocycles. The zero-order valence-electron chi connectivity index (χ0n) is 18.4. The van der Waals surface area contributed by atoms with Gasteiger partial charge in [-0.05, 0) is 55.7 Å². The SMILES string of the molecule is CC(C)c1cc(C(C)(C)C)nn1-c1ccc(-c2ccc(C(=O)O)cc2)n1C(C)C. The molecule has 2 aromatic heterocycles. The number of carbonyl (C=O) groups is 1. The third-order valence-corrected chi connectivity index (χ3v) is 5.15. The third-order valence-electron chi connectivity index (χ3n) is 5.15. The molecule has 3 rings (SSSR count). The van der Waals surface area contributed by atoms with Gasteiger partial charge in [0.1, 0.15) is 5.82 Å². The van der Waals surface area contributed by atoms with Crippen LogP contribution in [0.5, 0.6) is 0 Å². The second-order valence-electron chi connectivity index (χ2n) is 9.19. The fourth-order valence-corrected chi connectivity index (χ4v) is 3.53. The number of hydrogen-bond donors (Lipinski definition) is 1. The van der Waals surface area contributed by atoms with Crippen molar-refractivity contribution in [2.45, 2.75) is 65.8 Å². The Morgan fingerprint density at radius 2 is 1.62 bits per heavy atom. The van der Waals surface area contributed by atoms with E-state index < -0.39 is 5.97 Å². The maximum Gasteiger partial charge on any atom is 0.335 e. The van der Waals surface area contributed by atoms with E-state index in [9.17, 15) is 9.90 Å². The van der Waals surface area contributed by atoms with Crippen LogP contribution in [0.15, 0.2) is 42.5 Å². The second kappa shape index (κ2) is 7.54. The fourth-order valence-electron chi connectivity index (χ4n) is 3.53. The Morgan fingerprint density at radius 1 is 1.00 bits per heavy atom. The first-order valence-electron chi connectivity index (χ1n) is 10.2. The lowest BCUT2D eigenvalue weighted by Gasteiger charge is -2.20. The minimum absolute atomic E-state index is 0.0281. The standard InChI is InChI=1S/C24H31N3O2/c1-15(2)20-14-21(24(5,6)7)25-27(20)22-13-12-19(26(22)16(3)4)17-8-10-18(11-9-17)23(28)29/h8-16H,1-7H3,(H,28,29). The van der Waals surface area contributed by atoms with Crippen LogP contribution < -0.4 is 0 Å². The van der Waals surface area contributed by atoms with Gasteiger partial charge in [-0.2, -0.15) is 5.10 Å². The van der Waals surface area contributed by atoms with Gasteiger partial charge in [0.2, 0.25) is 0 Å². The van der Waals surface area contributed by atoms with Crippen LogP contribution in [-0.2, 0) is 5.41 Å². The average molecular weight is 394 g/mol. The van der Waals surface area contributed by atoms with E-state index in [1.54, 1.807) is 12.1 Å². The number of benzene rings is 1. The van der Waals surface area contributed by atoms with Crippen LogP contribution in [0.1, 0.15) is 82.2 Å². The zero-order chi connectivity index (χ0) is 21.5. The van der Waals surface area contributed by atoms with E-state index in [-0.39, 0.29) is 11.5 Å². The second-order valence-corrected chi connectivity index (χ2v) is 9.19. The molecule has 29 heavy (non-hydrogen) atoms. The van der Waals surface area contributed by atoms with E-state index in [0.717, 1.165) is 22.8 Å². The van der Waals surface area contributed by atoms with Gasteiger partial charge in [0, 0.05) is 17.2 Å². The Hall–Kier alpha value is -2.82. The van der Waals surface area contributed by atoms with Gasteiger partial charge in [0.15, 0.2) is 0 Å². The summed E-state index contributed by atoms with van der Waals surface area (Å²) in [5.74, 6) is 0.452. The minimum Gasteiger partial charge on any atom is -0.478 e. The minimum atomic E-state index is -0.913. The van der Waals surface area contributed by atoms with Crippen LogP contribution in [0.25, 0.3) is 17.1 Å². The monoisotopic (exact) mass is 393 g/mol. The number of aromatic nitrogens is 3. The summed E-state index contributed by atoms with van der Waals surface area (Å²) < 4.78 is 4.33. The summed E-state index contributed by atoms with van der Waals surface area (Å²) in [6.07, 6.45) is 0. The molecule has 0 saturated heterocycles. The normalized spacial score (nSPS) is 12.2. The molecule has 0 amide bonds. The molecule has 2 heterocycles. The lowest BCUT2D eigenvalue weighted by molar-refractivity contribution is 0.0697. The first-order valence-corrected chi connectivity index (χ1v) is 10.2. The van der Waals surface area contributed by atoms with Gasteiger partial charge in [0.05, 0.1) is 17.0 Å². The molecule has 5 nitrogen and oxygen atoms in total. The Labute approximate surface area is 173 Å². The summed E-state index contributed by atoms with van der Waals surface area (Å²) in [5.41, 5.74) is 4.56. The summed E-state index contributed by atoms with van der Waals surface area (Å²) in [6, 6.07) is 13.7. The van der Waals surface area contributed by atoms with E-state index in [2.05, 4.69) is 75.9 Å². The van der Waals surface area contributed by atoms with E-state index in [1.165, 1.54) is 5.69 Å². The van der Waals surface area contributed by atoms with Gasteiger partial charge in [0.25, 0.3) is 0 Å². The predicted octanol–water partition coefficient (Wildman–Crippen LogP) is 6.04. The Kier molecular flexibility index (Phi) is 5.44. The quantitative estimate of drug-likeness (QED) is 0.575. The van der Waals surface area contributed by atoms with Crippen LogP contribution in [-0.4, -0.2) is 25.4 Å². The van der Waals surface area contributed by atoms with Crippen molar-refractivity contribution in [2.24, 2.45) is 0 Å². The van der Waals surface area contributed by atoms with Gasteiger partial charge in [-0.15, -0.1) is 0 Å². The van der Waals surface area contributed by atoms with Crippen LogP contribution >= 0.6 is 0 Å². The van der Waals surface area contributed by atoms with Gasteiger partial charge in [-0.3, -0.25) is 0 Å². The van der Waals surface area contributed by atoms with Crippen LogP contribution in [0.2, 0.25) is 0 Å². The topological polar surface area (TPSA) is 60.1 Å². The van der Waals surface area contributed by atoms with Crippen molar-refractivity contribution in [1.29, 1.82) is 0 Å². The molecule has 1 aromatic carbocycles. The lowest BCUT2D eigenvalue weighted by Crippen LogP contribution is -2.15. The highest BCUT2D eigenvalue weighted by Crippen LogP contribution is 2.32.